The number of halogens is 2. The third-order valence-electron chi connectivity index (χ3n) is 1.48. The molecule has 0 bridgehead atoms. The molecular formula is C9H7F2NO2. The highest BCUT2D eigenvalue weighted by atomic mass is 19.1. The number of ether oxygens (including phenoxy) is 1. The van der Waals surface area contributed by atoms with Crippen molar-refractivity contribution in [1.82, 2.24) is 4.98 Å². The zero-order chi connectivity index (χ0) is 10.6. The van der Waals surface area contributed by atoms with Gasteiger partial charge in [-0.25, -0.2) is 13.6 Å². The lowest BCUT2D eigenvalue weighted by atomic mass is 10.2. The van der Waals surface area contributed by atoms with Crippen LogP contribution in [0.2, 0.25) is 0 Å². The molecule has 0 amide bonds. The molecule has 0 saturated heterocycles. The summed E-state index contributed by atoms with van der Waals surface area (Å²) in [5.41, 5.74) is -0.314. The Hall–Kier alpha value is -1.78. The summed E-state index contributed by atoms with van der Waals surface area (Å²) in [5, 5.41) is 0. The minimum absolute atomic E-state index is 0.314. The highest BCUT2D eigenvalue weighted by Crippen LogP contribution is 2.11. The number of nitrogens with zero attached hydrogens (tertiary/aromatic N) is 1. The number of hydrogen-bond donors (Lipinski definition) is 0. The van der Waals surface area contributed by atoms with Crippen LogP contribution in [0.4, 0.5) is 8.78 Å². The average molecular weight is 199 g/mol. The second kappa shape index (κ2) is 4.45. The van der Waals surface area contributed by atoms with Gasteiger partial charge < -0.3 is 4.74 Å². The maximum atomic E-state index is 12.9. The first-order chi connectivity index (χ1) is 6.65. The van der Waals surface area contributed by atoms with E-state index >= 15 is 0 Å². The second-order valence-electron chi connectivity index (χ2n) is 2.37. The number of carbonyl (C=O) groups excluding carboxylic acids is 1. The van der Waals surface area contributed by atoms with E-state index in [1.54, 1.807) is 0 Å². The summed E-state index contributed by atoms with van der Waals surface area (Å²) in [6.45, 7) is 0. The van der Waals surface area contributed by atoms with Crippen molar-refractivity contribution in [2.24, 2.45) is 0 Å². The van der Waals surface area contributed by atoms with Gasteiger partial charge >= 0.3 is 5.97 Å². The van der Waals surface area contributed by atoms with Crippen molar-refractivity contribution in [3.8, 4) is 0 Å². The molecule has 14 heavy (non-hydrogen) atoms. The van der Waals surface area contributed by atoms with Gasteiger partial charge in [-0.3, -0.25) is 4.98 Å². The molecule has 0 aromatic carbocycles. The van der Waals surface area contributed by atoms with Gasteiger partial charge in [0, 0.05) is 11.6 Å². The molecular weight excluding hydrogens is 192 g/mol. The van der Waals surface area contributed by atoms with Crippen LogP contribution in [0, 0.1) is 11.6 Å². The first kappa shape index (κ1) is 10.3. The van der Waals surface area contributed by atoms with Crippen molar-refractivity contribution in [2.45, 2.75) is 0 Å². The molecule has 0 spiro atoms. The summed E-state index contributed by atoms with van der Waals surface area (Å²) < 4.78 is 30.1. The van der Waals surface area contributed by atoms with Gasteiger partial charge in [0.15, 0.2) is 11.6 Å². The van der Waals surface area contributed by atoms with E-state index in [1.807, 2.05) is 0 Å². The molecule has 0 aliphatic rings. The summed E-state index contributed by atoms with van der Waals surface area (Å²) in [5.74, 6) is -2.34. The Kier molecular flexibility index (Phi) is 3.28. The number of aromatic nitrogens is 1. The number of pyridine rings is 1. The first-order valence-corrected chi connectivity index (χ1v) is 3.70. The van der Waals surface area contributed by atoms with Gasteiger partial charge in [0.2, 0.25) is 0 Å². The fourth-order valence-corrected chi connectivity index (χ4v) is 0.800. The van der Waals surface area contributed by atoms with E-state index in [2.05, 4.69) is 9.72 Å². The topological polar surface area (TPSA) is 39.2 Å². The van der Waals surface area contributed by atoms with Crippen molar-refractivity contribution in [2.75, 3.05) is 7.11 Å². The number of esters is 1. The van der Waals surface area contributed by atoms with Crippen molar-refractivity contribution in [3.05, 3.63) is 35.7 Å². The lowest BCUT2D eigenvalue weighted by Gasteiger charge is -1.96. The molecule has 3 nitrogen and oxygen atoms in total. The number of hydrogen-bond acceptors (Lipinski definition) is 3. The molecule has 0 saturated carbocycles. The Labute approximate surface area is 79.0 Å². The molecule has 5 heteroatoms. The van der Waals surface area contributed by atoms with Crippen LogP contribution in [0.5, 0.6) is 0 Å². The monoisotopic (exact) mass is 199 g/mol. The number of carbonyl (C=O) groups is 1. The highest BCUT2D eigenvalue weighted by molar-refractivity contribution is 5.86. The van der Waals surface area contributed by atoms with Crippen LogP contribution in [-0.4, -0.2) is 18.1 Å². The van der Waals surface area contributed by atoms with E-state index < -0.39 is 17.6 Å². The van der Waals surface area contributed by atoms with Gasteiger partial charge in [-0.15, -0.1) is 0 Å². The van der Waals surface area contributed by atoms with E-state index in [0.717, 1.165) is 24.5 Å². The molecule has 0 N–H and O–H groups in total. The lowest BCUT2D eigenvalue weighted by molar-refractivity contribution is -0.134. The fourth-order valence-electron chi connectivity index (χ4n) is 0.800. The SMILES string of the molecule is COC(=O)C=Cc1c(F)cncc1F. The van der Waals surface area contributed by atoms with Crippen LogP contribution in [0.1, 0.15) is 5.56 Å². The zero-order valence-corrected chi connectivity index (χ0v) is 7.33. The molecule has 0 unspecified atom stereocenters. The Morgan fingerprint density at radius 3 is 2.50 bits per heavy atom. The largest absolute Gasteiger partial charge is 0.466 e. The molecule has 0 fully saturated rings. The molecule has 74 valence electrons. The van der Waals surface area contributed by atoms with Crippen molar-refractivity contribution < 1.29 is 18.3 Å². The zero-order valence-electron chi connectivity index (χ0n) is 7.33. The van der Waals surface area contributed by atoms with Crippen LogP contribution in [0.15, 0.2) is 18.5 Å². The normalized spacial score (nSPS) is 10.5. The quantitative estimate of drug-likeness (QED) is 0.535. The summed E-state index contributed by atoms with van der Waals surface area (Å²) in [7, 11) is 1.17. The predicted octanol–water partition coefficient (Wildman–Crippen LogP) is 1.55. The van der Waals surface area contributed by atoms with Gasteiger partial charge in [-0.1, -0.05) is 0 Å². The van der Waals surface area contributed by atoms with Crippen LogP contribution >= 0.6 is 0 Å². The molecule has 0 aliphatic heterocycles. The molecule has 1 aromatic heterocycles. The predicted molar refractivity (Wildman–Crippen MR) is 45.2 cm³/mol. The second-order valence-corrected chi connectivity index (χ2v) is 2.37. The van der Waals surface area contributed by atoms with Crippen LogP contribution in [0.25, 0.3) is 6.08 Å². The van der Waals surface area contributed by atoms with E-state index in [9.17, 15) is 13.6 Å². The van der Waals surface area contributed by atoms with E-state index in [0.29, 0.717) is 0 Å². The minimum Gasteiger partial charge on any atom is -0.466 e. The van der Waals surface area contributed by atoms with Crippen LogP contribution < -0.4 is 0 Å². The van der Waals surface area contributed by atoms with Gasteiger partial charge in [0.05, 0.1) is 19.5 Å². The Morgan fingerprint density at radius 2 is 2.00 bits per heavy atom. The van der Waals surface area contributed by atoms with E-state index in [4.69, 9.17) is 0 Å². The fraction of sp³-hybridized carbons (Fsp3) is 0.111. The summed E-state index contributed by atoms with van der Waals surface area (Å²) in [6.07, 6.45) is 3.65. The minimum atomic E-state index is -0.829. The third kappa shape index (κ3) is 2.35. The van der Waals surface area contributed by atoms with Gasteiger partial charge in [-0.2, -0.15) is 0 Å². The van der Waals surface area contributed by atoms with E-state index in [1.165, 1.54) is 7.11 Å². The van der Waals surface area contributed by atoms with Crippen LogP contribution in [-0.2, 0) is 9.53 Å². The van der Waals surface area contributed by atoms with Crippen molar-refractivity contribution in [1.29, 1.82) is 0 Å². The standard InChI is InChI=1S/C9H7F2NO2/c1-14-9(13)3-2-6-7(10)4-12-5-8(6)11/h2-5H,1H3. The Morgan fingerprint density at radius 1 is 1.43 bits per heavy atom. The highest BCUT2D eigenvalue weighted by Gasteiger charge is 2.05. The lowest BCUT2D eigenvalue weighted by Crippen LogP contribution is -1.95. The van der Waals surface area contributed by atoms with Gasteiger partial charge in [-0.05, 0) is 6.08 Å². The number of rotatable bonds is 2. The summed E-state index contributed by atoms with van der Waals surface area (Å²) in [4.78, 5) is 13.9. The molecule has 1 rings (SSSR count). The first-order valence-electron chi connectivity index (χ1n) is 3.70. The molecule has 1 aromatic rings. The van der Waals surface area contributed by atoms with Crippen molar-refractivity contribution in [3.63, 3.8) is 0 Å². The Balaban J connectivity index is 2.96. The van der Waals surface area contributed by atoms with E-state index in [-0.39, 0.29) is 5.56 Å². The molecule has 0 radical (unpaired) electrons. The number of methoxy groups -OCH3 is 1. The smallest absolute Gasteiger partial charge is 0.330 e. The maximum Gasteiger partial charge on any atom is 0.330 e. The van der Waals surface area contributed by atoms with Crippen LogP contribution in [0.3, 0.4) is 0 Å². The maximum absolute atomic E-state index is 12.9. The molecule has 1 heterocycles. The van der Waals surface area contributed by atoms with Crippen molar-refractivity contribution >= 4 is 12.0 Å². The third-order valence-corrected chi connectivity index (χ3v) is 1.48. The average Bonchev–Trinajstić information content (AvgIpc) is 2.16. The summed E-state index contributed by atoms with van der Waals surface area (Å²) >= 11 is 0. The summed E-state index contributed by atoms with van der Waals surface area (Å²) in [6, 6.07) is 0. The van der Waals surface area contributed by atoms with Gasteiger partial charge in [0.25, 0.3) is 0 Å². The molecule has 0 atom stereocenters. The molecule has 0 aliphatic carbocycles. The van der Waals surface area contributed by atoms with Gasteiger partial charge in [0.1, 0.15) is 0 Å². The Bertz CT molecular complexity index is 357.